The molecule has 3 nitrogen and oxygen atoms in total. The lowest BCUT2D eigenvalue weighted by Gasteiger charge is -2.58. The van der Waals surface area contributed by atoms with Crippen LogP contribution in [0.15, 0.2) is 24.0 Å². The Kier molecular flexibility index (Phi) is 7.89. The Balaban J connectivity index is 1.42. The van der Waals surface area contributed by atoms with E-state index in [9.17, 15) is 4.79 Å². The fourth-order valence-electron chi connectivity index (χ4n) is 9.04. The van der Waals surface area contributed by atoms with E-state index in [1.807, 2.05) is 0 Å². The molecule has 5 unspecified atom stereocenters. The second-order valence-electron chi connectivity index (χ2n) is 13.1. The molecule has 0 aromatic rings. The molecule has 4 aliphatic rings. The summed E-state index contributed by atoms with van der Waals surface area (Å²) in [6, 6.07) is 0. The second kappa shape index (κ2) is 10.4. The summed E-state index contributed by atoms with van der Waals surface area (Å²) in [4.78, 5) is 11.4. The van der Waals surface area contributed by atoms with Crippen molar-refractivity contribution in [1.82, 2.24) is 0 Å². The molecule has 0 aromatic heterocycles. The number of methoxy groups -OCH3 is 1. The molecule has 0 bridgehead atoms. The quantitative estimate of drug-likeness (QED) is 0.156. The van der Waals surface area contributed by atoms with E-state index >= 15 is 0 Å². The molecule has 3 fully saturated rings. The molecule has 0 amide bonds. The molecular weight excluding hydrogens is 420 g/mol. The van der Waals surface area contributed by atoms with Crippen molar-refractivity contribution >= 4 is 5.97 Å². The van der Waals surface area contributed by atoms with Gasteiger partial charge < -0.3 is 9.47 Å². The molecule has 4 aliphatic carbocycles. The van der Waals surface area contributed by atoms with Crippen molar-refractivity contribution in [3.8, 4) is 0 Å². The predicted octanol–water partition coefficient (Wildman–Crippen LogP) is 8.10. The summed E-state index contributed by atoms with van der Waals surface area (Å²) >= 11 is 0. The lowest BCUT2D eigenvalue weighted by Crippen LogP contribution is -2.50. The summed E-state index contributed by atoms with van der Waals surface area (Å²) in [5.74, 6) is 4.91. The molecule has 0 radical (unpaired) electrons. The minimum absolute atomic E-state index is 0.188. The van der Waals surface area contributed by atoms with Crippen LogP contribution in [0.4, 0.5) is 0 Å². The minimum Gasteiger partial charge on any atom is -0.497 e. The van der Waals surface area contributed by atoms with Crippen molar-refractivity contribution in [1.29, 1.82) is 0 Å². The third kappa shape index (κ3) is 4.87. The average molecular weight is 471 g/mol. The van der Waals surface area contributed by atoms with Gasteiger partial charge in [0.05, 0.1) is 19.4 Å². The largest absolute Gasteiger partial charge is 0.497 e. The van der Waals surface area contributed by atoms with Gasteiger partial charge in [-0.3, -0.25) is 0 Å². The minimum atomic E-state index is -0.352. The van der Waals surface area contributed by atoms with Crippen molar-refractivity contribution < 1.29 is 14.3 Å². The molecule has 0 N–H and O–H groups in total. The summed E-state index contributed by atoms with van der Waals surface area (Å²) in [5, 5.41) is 0. The first-order valence-electron chi connectivity index (χ1n) is 14.3. The fraction of sp³-hybridized carbons (Fsp3) is 0.839. The van der Waals surface area contributed by atoms with E-state index in [0.29, 0.717) is 10.8 Å². The Morgan fingerprint density at radius 2 is 1.88 bits per heavy atom. The molecular formula is C31H50O3. The van der Waals surface area contributed by atoms with Gasteiger partial charge in [0, 0.05) is 6.42 Å². The maximum Gasteiger partial charge on any atom is 0.333 e. The lowest BCUT2D eigenvalue weighted by atomic mass is 9.47. The first-order valence-corrected chi connectivity index (χ1v) is 14.3. The smallest absolute Gasteiger partial charge is 0.333 e. The molecule has 34 heavy (non-hydrogen) atoms. The van der Waals surface area contributed by atoms with Crippen LogP contribution in [0.5, 0.6) is 0 Å². The predicted molar refractivity (Wildman–Crippen MR) is 139 cm³/mol. The zero-order chi connectivity index (χ0) is 24.5. The monoisotopic (exact) mass is 470 g/mol. The van der Waals surface area contributed by atoms with Crippen LogP contribution in [0.2, 0.25) is 0 Å². The van der Waals surface area contributed by atoms with Crippen molar-refractivity contribution in [3.05, 3.63) is 24.0 Å². The van der Waals surface area contributed by atoms with Gasteiger partial charge >= 0.3 is 5.97 Å². The van der Waals surface area contributed by atoms with Gasteiger partial charge in [-0.1, -0.05) is 65.5 Å². The highest BCUT2D eigenvalue weighted by Crippen LogP contribution is 2.67. The highest BCUT2D eigenvalue weighted by atomic mass is 16.5. The summed E-state index contributed by atoms with van der Waals surface area (Å²) in [5.41, 5.74) is 2.53. The van der Waals surface area contributed by atoms with Gasteiger partial charge in [0.1, 0.15) is 6.10 Å². The molecule has 0 saturated heterocycles. The maximum atomic E-state index is 11.4. The highest BCUT2D eigenvalue weighted by Gasteiger charge is 2.59. The van der Waals surface area contributed by atoms with Gasteiger partial charge in [0.25, 0.3) is 0 Å². The van der Waals surface area contributed by atoms with Crippen molar-refractivity contribution in [3.63, 3.8) is 0 Å². The Bertz CT molecular complexity index is 782. The normalized spacial score (nSPS) is 40.3. The molecule has 8 atom stereocenters. The molecule has 3 saturated carbocycles. The van der Waals surface area contributed by atoms with Gasteiger partial charge in [-0.15, -0.1) is 0 Å². The maximum absolute atomic E-state index is 11.4. The van der Waals surface area contributed by atoms with Crippen LogP contribution in [-0.2, 0) is 14.3 Å². The topological polar surface area (TPSA) is 35.5 Å². The van der Waals surface area contributed by atoms with Crippen LogP contribution in [0.1, 0.15) is 105 Å². The van der Waals surface area contributed by atoms with E-state index in [1.54, 1.807) is 11.8 Å². The summed E-state index contributed by atoms with van der Waals surface area (Å²) in [7, 11) is 1.40. The number of fused-ring (bicyclic) bond motifs is 5. The van der Waals surface area contributed by atoms with E-state index in [0.717, 1.165) is 48.3 Å². The second-order valence-corrected chi connectivity index (χ2v) is 13.1. The van der Waals surface area contributed by atoms with Crippen LogP contribution >= 0.6 is 0 Å². The molecule has 192 valence electrons. The van der Waals surface area contributed by atoms with Gasteiger partial charge in [-0.25, -0.2) is 4.79 Å². The van der Waals surface area contributed by atoms with Crippen molar-refractivity contribution in [2.75, 3.05) is 7.11 Å². The summed E-state index contributed by atoms with van der Waals surface area (Å²) in [6.45, 7) is 12.6. The van der Waals surface area contributed by atoms with E-state index in [-0.39, 0.29) is 12.1 Å². The van der Waals surface area contributed by atoms with Crippen LogP contribution in [0.25, 0.3) is 0 Å². The third-order valence-corrected chi connectivity index (χ3v) is 10.9. The molecule has 0 aliphatic heterocycles. The van der Waals surface area contributed by atoms with Gasteiger partial charge in [0.15, 0.2) is 0 Å². The Morgan fingerprint density at radius 1 is 1.09 bits per heavy atom. The van der Waals surface area contributed by atoms with Crippen molar-refractivity contribution in [2.45, 2.75) is 111 Å². The summed E-state index contributed by atoms with van der Waals surface area (Å²) < 4.78 is 10.6. The Labute approximate surface area is 209 Å². The van der Waals surface area contributed by atoms with E-state index in [4.69, 9.17) is 4.74 Å². The number of ether oxygens (including phenoxy) is 2. The number of esters is 1. The standard InChI is InChI=1S/C31H50O3/c1-21(2)8-7-9-22(3)26-12-13-27-25-11-10-23-20-24(34-19-16-29(32)33-6)14-17-30(23,4)28(25)15-18-31(26,27)5/h10,16,19,21-22,24-28H,7-9,11-15,17-18,20H2,1-6H3/b19-16+/t22?,24?,25?,26-,27?,28?,30+,31-/m1/s1. The van der Waals surface area contributed by atoms with Crippen LogP contribution in [0.3, 0.4) is 0 Å². The lowest BCUT2D eigenvalue weighted by molar-refractivity contribution is -0.135. The van der Waals surface area contributed by atoms with Crippen molar-refractivity contribution in [2.24, 2.45) is 46.3 Å². The van der Waals surface area contributed by atoms with Crippen LogP contribution < -0.4 is 0 Å². The molecule has 0 heterocycles. The first-order chi connectivity index (χ1) is 16.2. The highest BCUT2D eigenvalue weighted by molar-refractivity contribution is 5.81. The van der Waals surface area contributed by atoms with E-state index < -0.39 is 0 Å². The van der Waals surface area contributed by atoms with Gasteiger partial charge in [-0.2, -0.15) is 0 Å². The molecule has 0 aromatic carbocycles. The Morgan fingerprint density at radius 3 is 2.62 bits per heavy atom. The Hall–Kier alpha value is -1.25. The number of hydrogen-bond acceptors (Lipinski definition) is 3. The molecule has 0 spiro atoms. The fourth-order valence-corrected chi connectivity index (χ4v) is 9.04. The number of carbonyl (C=O) groups is 1. The number of carbonyl (C=O) groups excluding carboxylic acids is 1. The number of allylic oxidation sites excluding steroid dienone is 1. The van der Waals surface area contributed by atoms with Crippen LogP contribution in [-0.4, -0.2) is 19.2 Å². The zero-order valence-electron chi connectivity index (χ0n) is 22.8. The van der Waals surface area contributed by atoms with Crippen LogP contribution in [0, 0.1) is 46.3 Å². The number of hydrogen-bond donors (Lipinski definition) is 0. The SMILES string of the molecule is COC(=O)/C=C/OC1CC[C@@]2(C)C(=CCC3C2CC[C@@]2(C)C3CC[C@@H]2C(C)CCCC(C)C)C1. The average Bonchev–Trinajstić information content (AvgIpc) is 3.16. The van der Waals surface area contributed by atoms with Gasteiger partial charge in [-0.05, 0) is 91.3 Å². The zero-order valence-corrected chi connectivity index (χ0v) is 22.8. The first kappa shape index (κ1) is 25.8. The molecule has 3 heteroatoms. The molecule has 4 rings (SSSR count). The van der Waals surface area contributed by atoms with E-state index in [2.05, 4.69) is 45.4 Å². The number of rotatable bonds is 8. The van der Waals surface area contributed by atoms with E-state index in [1.165, 1.54) is 71.0 Å². The van der Waals surface area contributed by atoms with Gasteiger partial charge in [0.2, 0.25) is 0 Å². The third-order valence-electron chi connectivity index (χ3n) is 10.9. The summed E-state index contributed by atoms with van der Waals surface area (Å²) in [6.07, 6.45) is 20.3.